The first-order valence-electron chi connectivity index (χ1n) is 9.08. The predicted molar refractivity (Wildman–Crippen MR) is 103 cm³/mol. The molecule has 1 aliphatic rings. The molecular formula is C19H29N5O. The van der Waals surface area contributed by atoms with Crippen molar-refractivity contribution in [2.75, 3.05) is 45.1 Å². The minimum absolute atomic E-state index is 0.145. The average Bonchev–Trinajstić information content (AvgIpc) is 3.06. The molecule has 1 unspecified atom stereocenters. The van der Waals surface area contributed by atoms with Crippen molar-refractivity contribution in [3.8, 4) is 0 Å². The third kappa shape index (κ3) is 4.32. The summed E-state index contributed by atoms with van der Waals surface area (Å²) in [5.74, 6) is 0.497. The van der Waals surface area contributed by atoms with Crippen LogP contribution in [0.1, 0.15) is 13.8 Å². The number of benzene rings is 1. The van der Waals surface area contributed by atoms with Crippen LogP contribution in [0.4, 0.5) is 10.5 Å². The molecule has 2 heterocycles. The molecule has 1 aliphatic heterocycles. The molecule has 136 valence electrons. The lowest BCUT2D eigenvalue weighted by Gasteiger charge is -2.39. The van der Waals surface area contributed by atoms with Crippen molar-refractivity contribution in [1.82, 2.24) is 20.1 Å². The van der Waals surface area contributed by atoms with Crippen LogP contribution in [0.25, 0.3) is 10.9 Å². The van der Waals surface area contributed by atoms with Gasteiger partial charge in [0.15, 0.2) is 0 Å². The standard InChI is InChI=1S/C19H29N5O/c1-14(2)18(24-11-9-23(3)10-12-24)13-21-19(25)22-17-6-4-5-16-15(17)7-8-20-16/h4-8,14,18,20H,9-13H2,1-3H3,(H2,21,22,25). The van der Waals surface area contributed by atoms with E-state index >= 15 is 0 Å². The maximum Gasteiger partial charge on any atom is 0.319 e. The van der Waals surface area contributed by atoms with Gasteiger partial charge in [-0.15, -0.1) is 0 Å². The van der Waals surface area contributed by atoms with Gasteiger partial charge < -0.3 is 20.5 Å². The number of hydrogen-bond donors (Lipinski definition) is 3. The highest BCUT2D eigenvalue weighted by Crippen LogP contribution is 2.22. The van der Waals surface area contributed by atoms with Gasteiger partial charge in [-0.05, 0) is 31.2 Å². The Morgan fingerprint density at radius 2 is 1.96 bits per heavy atom. The maximum absolute atomic E-state index is 12.4. The zero-order valence-corrected chi connectivity index (χ0v) is 15.4. The second-order valence-electron chi connectivity index (χ2n) is 7.23. The predicted octanol–water partition coefficient (Wildman–Crippen LogP) is 2.56. The van der Waals surface area contributed by atoms with Crippen molar-refractivity contribution in [3.05, 3.63) is 30.5 Å². The molecule has 3 N–H and O–H groups in total. The molecule has 1 aromatic carbocycles. The molecule has 6 nitrogen and oxygen atoms in total. The molecular weight excluding hydrogens is 314 g/mol. The van der Waals surface area contributed by atoms with Crippen LogP contribution >= 0.6 is 0 Å². The number of aromatic amines is 1. The lowest BCUT2D eigenvalue weighted by atomic mass is 10.0. The minimum Gasteiger partial charge on any atom is -0.361 e. The van der Waals surface area contributed by atoms with E-state index in [-0.39, 0.29) is 6.03 Å². The fraction of sp³-hybridized carbons (Fsp3) is 0.526. The molecule has 0 saturated carbocycles. The van der Waals surface area contributed by atoms with E-state index in [1.165, 1.54) is 0 Å². The summed E-state index contributed by atoms with van der Waals surface area (Å²) in [6.45, 7) is 9.41. The van der Waals surface area contributed by atoms with Crippen LogP contribution in [-0.4, -0.2) is 66.6 Å². The minimum atomic E-state index is -0.145. The van der Waals surface area contributed by atoms with E-state index in [1.54, 1.807) is 0 Å². The van der Waals surface area contributed by atoms with Gasteiger partial charge in [-0.3, -0.25) is 4.90 Å². The number of urea groups is 1. The summed E-state index contributed by atoms with van der Waals surface area (Å²) in [5, 5.41) is 7.07. The first kappa shape index (κ1) is 17.8. The van der Waals surface area contributed by atoms with Gasteiger partial charge in [-0.2, -0.15) is 0 Å². The van der Waals surface area contributed by atoms with E-state index in [4.69, 9.17) is 0 Å². The molecule has 1 saturated heterocycles. The van der Waals surface area contributed by atoms with Crippen LogP contribution in [0.15, 0.2) is 30.5 Å². The topological polar surface area (TPSA) is 63.4 Å². The maximum atomic E-state index is 12.4. The number of aromatic nitrogens is 1. The molecule has 1 atom stereocenters. The van der Waals surface area contributed by atoms with Crippen molar-refractivity contribution in [2.45, 2.75) is 19.9 Å². The summed E-state index contributed by atoms with van der Waals surface area (Å²) in [5.41, 5.74) is 1.85. The van der Waals surface area contributed by atoms with Crippen molar-refractivity contribution >= 4 is 22.6 Å². The van der Waals surface area contributed by atoms with Gasteiger partial charge >= 0.3 is 6.03 Å². The third-order valence-corrected chi connectivity index (χ3v) is 5.09. The van der Waals surface area contributed by atoms with Gasteiger partial charge in [0, 0.05) is 55.9 Å². The highest BCUT2D eigenvalue weighted by molar-refractivity contribution is 6.00. The Bertz CT molecular complexity index is 703. The summed E-state index contributed by atoms with van der Waals surface area (Å²) in [7, 11) is 2.16. The lowest BCUT2D eigenvalue weighted by molar-refractivity contribution is 0.0890. The van der Waals surface area contributed by atoms with Gasteiger partial charge in [-0.1, -0.05) is 19.9 Å². The van der Waals surface area contributed by atoms with Crippen LogP contribution in [0.3, 0.4) is 0 Å². The Hall–Kier alpha value is -2.05. The number of nitrogens with zero attached hydrogens (tertiary/aromatic N) is 2. The van der Waals surface area contributed by atoms with Gasteiger partial charge in [0.05, 0.1) is 5.69 Å². The van der Waals surface area contributed by atoms with Crippen LogP contribution in [0.5, 0.6) is 0 Å². The monoisotopic (exact) mass is 343 g/mol. The number of H-pyrrole nitrogens is 1. The van der Waals surface area contributed by atoms with Crippen molar-refractivity contribution in [3.63, 3.8) is 0 Å². The molecule has 25 heavy (non-hydrogen) atoms. The number of anilines is 1. The number of fused-ring (bicyclic) bond motifs is 1. The Balaban J connectivity index is 1.57. The fourth-order valence-corrected chi connectivity index (χ4v) is 3.50. The van der Waals surface area contributed by atoms with E-state index < -0.39 is 0 Å². The zero-order chi connectivity index (χ0) is 17.8. The van der Waals surface area contributed by atoms with Crippen LogP contribution in [-0.2, 0) is 0 Å². The lowest BCUT2D eigenvalue weighted by Crippen LogP contribution is -2.54. The largest absolute Gasteiger partial charge is 0.361 e. The van der Waals surface area contributed by atoms with Gasteiger partial charge in [0.2, 0.25) is 0 Å². The van der Waals surface area contributed by atoms with E-state index in [0.717, 1.165) is 42.8 Å². The van der Waals surface area contributed by atoms with Crippen molar-refractivity contribution in [1.29, 1.82) is 0 Å². The number of likely N-dealkylation sites (N-methyl/N-ethyl adjacent to an activating group) is 1. The zero-order valence-electron chi connectivity index (χ0n) is 15.4. The summed E-state index contributed by atoms with van der Waals surface area (Å²) in [4.78, 5) is 20.4. The highest BCUT2D eigenvalue weighted by Gasteiger charge is 2.25. The molecule has 3 rings (SSSR count). The van der Waals surface area contributed by atoms with Crippen LogP contribution in [0, 0.1) is 5.92 Å². The second kappa shape index (κ2) is 7.89. The van der Waals surface area contributed by atoms with E-state index in [0.29, 0.717) is 18.5 Å². The summed E-state index contributed by atoms with van der Waals surface area (Å²) >= 11 is 0. The summed E-state index contributed by atoms with van der Waals surface area (Å²) in [6, 6.07) is 8.06. The molecule has 1 fully saturated rings. The molecule has 0 aliphatic carbocycles. The Labute approximate surface area is 149 Å². The number of rotatable bonds is 5. The second-order valence-corrected chi connectivity index (χ2v) is 7.23. The van der Waals surface area contributed by atoms with Crippen molar-refractivity contribution < 1.29 is 4.79 Å². The molecule has 2 amide bonds. The molecule has 2 aromatic rings. The highest BCUT2D eigenvalue weighted by atomic mass is 16.2. The molecule has 0 bridgehead atoms. The average molecular weight is 343 g/mol. The number of carbonyl (C=O) groups is 1. The van der Waals surface area contributed by atoms with Crippen molar-refractivity contribution in [2.24, 2.45) is 5.92 Å². The first-order valence-corrected chi connectivity index (χ1v) is 9.08. The normalized spacial score (nSPS) is 17.8. The number of hydrogen-bond acceptors (Lipinski definition) is 3. The van der Waals surface area contributed by atoms with Gasteiger partial charge in [-0.25, -0.2) is 4.79 Å². The van der Waals surface area contributed by atoms with Crippen LogP contribution < -0.4 is 10.6 Å². The smallest absolute Gasteiger partial charge is 0.319 e. The molecule has 0 spiro atoms. The van der Waals surface area contributed by atoms with Gasteiger partial charge in [0.25, 0.3) is 0 Å². The number of piperazine rings is 1. The first-order chi connectivity index (χ1) is 12.0. The number of amides is 2. The Morgan fingerprint density at radius 1 is 1.20 bits per heavy atom. The molecule has 6 heteroatoms. The Morgan fingerprint density at radius 3 is 2.68 bits per heavy atom. The third-order valence-electron chi connectivity index (χ3n) is 5.09. The Kier molecular flexibility index (Phi) is 5.60. The van der Waals surface area contributed by atoms with Crippen LogP contribution in [0.2, 0.25) is 0 Å². The quantitative estimate of drug-likeness (QED) is 0.782. The number of nitrogens with one attached hydrogen (secondary N) is 3. The number of carbonyl (C=O) groups excluding carboxylic acids is 1. The molecule has 1 aromatic heterocycles. The SMILES string of the molecule is CC(C)C(CNC(=O)Nc1cccc2[nH]ccc12)N1CCN(C)CC1. The van der Waals surface area contributed by atoms with E-state index in [1.807, 2.05) is 30.5 Å². The molecule has 0 radical (unpaired) electrons. The fourth-order valence-electron chi connectivity index (χ4n) is 3.50. The van der Waals surface area contributed by atoms with Gasteiger partial charge in [0.1, 0.15) is 0 Å². The summed E-state index contributed by atoms with van der Waals surface area (Å²) in [6.07, 6.45) is 1.88. The summed E-state index contributed by atoms with van der Waals surface area (Å²) < 4.78 is 0. The van der Waals surface area contributed by atoms with E-state index in [2.05, 4.69) is 46.3 Å². The van der Waals surface area contributed by atoms with E-state index in [9.17, 15) is 4.79 Å².